The zero-order chi connectivity index (χ0) is 16.9. The van der Waals surface area contributed by atoms with Crippen LogP contribution in [0.1, 0.15) is 71.6 Å². The molecule has 0 aromatic heterocycles. The number of fused-ring (bicyclic) bond motifs is 5. The van der Waals surface area contributed by atoms with Crippen LogP contribution in [0.2, 0.25) is 0 Å². The monoisotopic (exact) mass is 334 g/mol. The Morgan fingerprint density at radius 1 is 1.00 bits per heavy atom. The summed E-state index contributed by atoms with van der Waals surface area (Å²) in [5, 5.41) is 0. The molecule has 0 bridgehead atoms. The van der Waals surface area contributed by atoms with Crippen LogP contribution in [0.4, 0.5) is 0 Å². The van der Waals surface area contributed by atoms with Crippen LogP contribution in [0.15, 0.2) is 0 Å². The molecule has 0 saturated heterocycles. The number of rotatable bonds is 3. The maximum atomic E-state index is 12.0. The summed E-state index contributed by atoms with van der Waals surface area (Å²) in [6.45, 7) is 5.44. The highest BCUT2D eigenvalue weighted by Crippen LogP contribution is 2.66. The van der Waals surface area contributed by atoms with Gasteiger partial charge in [0.05, 0.1) is 6.10 Å². The lowest BCUT2D eigenvalue weighted by molar-refractivity contribution is -0.157. The second-order valence-electron chi connectivity index (χ2n) is 9.58. The predicted molar refractivity (Wildman–Crippen MR) is 93.5 cm³/mol. The summed E-state index contributed by atoms with van der Waals surface area (Å²) in [5.41, 5.74) is 0.761. The Hall–Kier alpha value is -0.410. The van der Waals surface area contributed by atoms with E-state index in [0.29, 0.717) is 35.4 Å². The van der Waals surface area contributed by atoms with Gasteiger partial charge in [0.1, 0.15) is 12.6 Å². The molecule has 0 heterocycles. The summed E-state index contributed by atoms with van der Waals surface area (Å²) < 4.78 is 11.3. The third-order valence-electron chi connectivity index (χ3n) is 8.78. The Morgan fingerprint density at radius 2 is 1.79 bits per heavy atom. The summed E-state index contributed by atoms with van der Waals surface area (Å²) in [5.74, 6) is 3.68. The molecule has 3 heteroatoms. The zero-order valence-corrected chi connectivity index (χ0v) is 15.7. The third-order valence-corrected chi connectivity index (χ3v) is 8.78. The van der Waals surface area contributed by atoms with Crippen molar-refractivity contribution in [1.82, 2.24) is 0 Å². The van der Waals surface area contributed by atoms with Gasteiger partial charge in [-0.2, -0.15) is 0 Å². The second-order valence-corrected chi connectivity index (χ2v) is 9.58. The Labute approximate surface area is 146 Å². The van der Waals surface area contributed by atoms with Gasteiger partial charge in [-0.25, -0.2) is 0 Å². The molecule has 3 nitrogen and oxygen atoms in total. The van der Waals surface area contributed by atoms with Crippen LogP contribution in [-0.2, 0) is 14.3 Å². The number of ether oxygens (including phenoxy) is 2. The summed E-state index contributed by atoms with van der Waals surface area (Å²) in [4.78, 5) is 12.0. The molecule has 136 valence electrons. The van der Waals surface area contributed by atoms with Gasteiger partial charge in [0.15, 0.2) is 0 Å². The van der Waals surface area contributed by atoms with E-state index in [0.717, 1.165) is 37.0 Å². The highest BCUT2D eigenvalue weighted by atomic mass is 16.7. The van der Waals surface area contributed by atoms with Crippen LogP contribution < -0.4 is 0 Å². The molecular weight excluding hydrogens is 300 g/mol. The molecule has 0 aromatic rings. The maximum absolute atomic E-state index is 12.0. The van der Waals surface area contributed by atoms with Gasteiger partial charge in [0, 0.05) is 20.0 Å². The van der Waals surface area contributed by atoms with Crippen LogP contribution in [-0.4, -0.2) is 25.8 Å². The first-order chi connectivity index (χ1) is 11.5. The van der Waals surface area contributed by atoms with Crippen LogP contribution in [0.5, 0.6) is 0 Å². The highest BCUT2D eigenvalue weighted by molar-refractivity contribution is 5.79. The lowest BCUT2D eigenvalue weighted by Crippen LogP contribution is -2.54. The molecule has 0 aliphatic heterocycles. The molecule has 4 aliphatic rings. The number of carbonyl (C=O) groups excluding carboxylic acids is 1. The number of ketones is 1. The van der Waals surface area contributed by atoms with Gasteiger partial charge in [-0.1, -0.05) is 13.8 Å². The minimum absolute atomic E-state index is 0.341. The molecule has 0 amide bonds. The summed E-state index contributed by atoms with van der Waals surface area (Å²) in [7, 11) is 1.72. The Bertz CT molecular complexity index is 503. The molecule has 1 unspecified atom stereocenters. The van der Waals surface area contributed by atoms with E-state index >= 15 is 0 Å². The Morgan fingerprint density at radius 3 is 2.58 bits per heavy atom. The number of carbonyl (C=O) groups is 1. The van der Waals surface area contributed by atoms with Crippen LogP contribution in [0, 0.1) is 34.5 Å². The fourth-order valence-corrected chi connectivity index (χ4v) is 7.42. The predicted octanol–water partition coefficient (Wildman–Crippen LogP) is 4.59. The minimum atomic E-state index is 0.341. The first kappa shape index (κ1) is 17.0. The van der Waals surface area contributed by atoms with Crippen molar-refractivity contribution < 1.29 is 14.3 Å². The molecule has 0 spiro atoms. The molecule has 4 rings (SSSR count). The van der Waals surface area contributed by atoms with E-state index < -0.39 is 0 Å². The second kappa shape index (κ2) is 6.09. The van der Waals surface area contributed by atoms with Gasteiger partial charge >= 0.3 is 0 Å². The van der Waals surface area contributed by atoms with Crippen LogP contribution >= 0.6 is 0 Å². The standard InChI is InChI=1S/C21H34O3/c1-20-10-8-15(22)12-14(20)4-5-16-17-6-7-19(24-13-23-3)21(17,2)11-9-18(16)20/h14,16-19H,4-13H2,1-3H3/t14?,16-,17-,18-,19-,20-,21-/m0/s1. The molecule has 4 fully saturated rings. The molecular formula is C21H34O3. The molecule has 0 aromatic carbocycles. The summed E-state index contributed by atoms with van der Waals surface area (Å²) in [6.07, 6.45) is 11.0. The molecule has 0 radical (unpaired) electrons. The molecule has 4 aliphatic carbocycles. The first-order valence-corrected chi connectivity index (χ1v) is 10.1. The molecule has 4 saturated carbocycles. The Kier molecular flexibility index (Phi) is 4.32. The summed E-state index contributed by atoms with van der Waals surface area (Å²) in [6, 6.07) is 0. The largest absolute Gasteiger partial charge is 0.359 e. The van der Waals surface area contributed by atoms with E-state index in [4.69, 9.17) is 9.47 Å². The molecule has 24 heavy (non-hydrogen) atoms. The van der Waals surface area contributed by atoms with Crippen molar-refractivity contribution in [1.29, 1.82) is 0 Å². The van der Waals surface area contributed by atoms with Crippen molar-refractivity contribution in [2.24, 2.45) is 34.5 Å². The van der Waals surface area contributed by atoms with E-state index in [9.17, 15) is 4.79 Å². The van der Waals surface area contributed by atoms with E-state index in [2.05, 4.69) is 13.8 Å². The van der Waals surface area contributed by atoms with Crippen LogP contribution in [0.25, 0.3) is 0 Å². The van der Waals surface area contributed by atoms with Crippen molar-refractivity contribution in [3.05, 3.63) is 0 Å². The van der Waals surface area contributed by atoms with Crippen molar-refractivity contribution in [3.63, 3.8) is 0 Å². The molecule has 0 N–H and O–H groups in total. The average Bonchev–Trinajstić information content (AvgIpc) is 2.90. The van der Waals surface area contributed by atoms with Crippen molar-refractivity contribution in [3.8, 4) is 0 Å². The van der Waals surface area contributed by atoms with Gasteiger partial charge < -0.3 is 9.47 Å². The highest BCUT2D eigenvalue weighted by Gasteiger charge is 2.60. The fourth-order valence-electron chi connectivity index (χ4n) is 7.42. The lowest BCUT2D eigenvalue weighted by Gasteiger charge is -2.60. The van der Waals surface area contributed by atoms with E-state index in [1.54, 1.807) is 7.11 Å². The topological polar surface area (TPSA) is 35.5 Å². The van der Waals surface area contributed by atoms with Gasteiger partial charge in [-0.05, 0) is 79.4 Å². The average molecular weight is 335 g/mol. The van der Waals surface area contributed by atoms with Crippen molar-refractivity contribution in [2.45, 2.75) is 77.7 Å². The van der Waals surface area contributed by atoms with Crippen molar-refractivity contribution >= 4 is 5.78 Å². The van der Waals surface area contributed by atoms with Gasteiger partial charge in [0.25, 0.3) is 0 Å². The third kappa shape index (κ3) is 2.41. The van der Waals surface area contributed by atoms with E-state index in [1.165, 1.54) is 38.5 Å². The minimum Gasteiger partial charge on any atom is -0.359 e. The SMILES string of the molecule is COCO[C@H]1CC[C@H]2[C@@H]3CCC4CC(=O)CC[C@]4(C)[C@H]3CC[C@]12C. The maximum Gasteiger partial charge on any atom is 0.146 e. The summed E-state index contributed by atoms with van der Waals surface area (Å²) >= 11 is 0. The number of Topliss-reactive ketones (excluding diaryl/α,β-unsaturated/α-hetero) is 1. The number of methoxy groups -OCH3 is 1. The smallest absolute Gasteiger partial charge is 0.146 e. The normalized spacial score (nSPS) is 51.0. The zero-order valence-electron chi connectivity index (χ0n) is 15.7. The first-order valence-electron chi connectivity index (χ1n) is 10.1. The lowest BCUT2D eigenvalue weighted by atomic mass is 9.45. The fraction of sp³-hybridized carbons (Fsp3) is 0.952. The quantitative estimate of drug-likeness (QED) is 0.708. The van der Waals surface area contributed by atoms with Gasteiger partial charge in [-0.15, -0.1) is 0 Å². The van der Waals surface area contributed by atoms with Crippen LogP contribution in [0.3, 0.4) is 0 Å². The van der Waals surface area contributed by atoms with Crippen molar-refractivity contribution in [2.75, 3.05) is 13.9 Å². The van der Waals surface area contributed by atoms with E-state index in [1.807, 2.05) is 0 Å². The number of hydrogen-bond acceptors (Lipinski definition) is 3. The number of hydrogen-bond donors (Lipinski definition) is 0. The van der Waals surface area contributed by atoms with E-state index in [-0.39, 0.29) is 0 Å². The molecule has 7 atom stereocenters. The Balaban J connectivity index is 1.55. The van der Waals surface area contributed by atoms with Gasteiger partial charge in [-0.3, -0.25) is 4.79 Å². The van der Waals surface area contributed by atoms with Gasteiger partial charge in [0.2, 0.25) is 0 Å².